The van der Waals surface area contributed by atoms with Gasteiger partial charge in [-0.05, 0) is 32.6 Å². The van der Waals surface area contributed by atoms with Crippen LogP contribution in [0.4, 0.5) is 0 Å². The van der Waals surface area contributed by atoms with Crippen LogP contribution >= 0.6 is 0 Å². The van der Waals surface area contributed by atoms with Crippen LogP contribution in [0, 0.1) is 11.8 Å². The van der Waals surface area contributed by atoms with Gasteiger partial charge in [0.05, 0.1) is 17.6 Å². The molecule has 0 saturated carbocycles. The van der Waals surface area contributed by atoms with E-state index in [-0.39, 0.29) is 30.0 Å². The van der Waals surface area contributed by atoms with Crippen LogP contribution in [0.1, 0.15) is 32.6 Å². The van der Waals surface area contributed by atoms with Crippen LogP contribution in [0.5, 0.6) is 0 Å². The van der Waals surface area contributed by atoms with E-state index in [1.807, 2.05) is 0 Å². The number of aliphatic carboxylic acids is 1. The van der Waals surface area contributed by atoms with Crippen LogP contribution < -0.4 is 0 Å². The normalized spacial score (nSPS) is 25.1. The largest absolute Gasteiger partial charge is 0.481 e. The summed E-state index contributed by atoms with van der Waals surface area (Å²) in [4.78, 5) is 25.2. The average molecular weight is 332 g/mol. The molecule has 2 fully saturated rings. The molecule has 0 aromatic heterocycles. The molecule has 0 radical (unpaired) electrons. The lowest BCUT2D eigenvalue weighted by molar-refractivity contribution is -0.147. The fraction of sp³-hybridized carbons (Fsp3) is 0.857. The zero-order valence-electron chi connectivity index (χ0n) is 12.9. The molecule has 2 saturated heterocycles. The van der Waals surface area contributed by atoms with Gasteiger partial charge in [0.1, 0.15) is 0 Å². The Hall–Kier alpha value is -1.15. The molecule has 2 rings (SSSR count). The maximum atomic E-state index is 12.5. The minimum absolute atomic E-state index is 0.0279. The van der Waals surface area contributed by atoms with E-state index in [0.717, 1.165) is 0 Å². The molecule has 0 aromatic carbocycles. The zero-order chi connectivity index (χ0) is 16.3. The van der Waals surface area contributed by atoms with Crippen LogP contribution in [0.2, 0.25) is 0 Å². The van der Waals surface area contributed by atoms with Crippen LogP contribution in [0.15, 0.2) is 0 Å². The quantitative estimate of drug-likeness (QED) is 0.802. The van der Waals surface area contributed by atoms with Crippen molar-refractivity contribution in [1.82, 2.24) is 9.21 Å². The van der Waals surface area contributed by atoms with Crippen LogP contribution in [-0.2, 0) is 19.6 Å². The number of carbonyl (C=O) groups excluding carboxylic acids is 1. The number of sulfonamides is 1. The molecular formula is C14H24N2O5S. The predicted molar refractivity (Wildman–Crippen MR) is 80.7 cm³/mol. The van der Waals surface area contributed by atoms with Crippen molar-refractivity contribution in [3.05, 3.63) is 0 Å². The van der Waals surface area contributed by atoms with E-state index in [0.29, 0.717) is 45.3 Å². The summed E-state index contributed by atoms with van der Waals surface area (Å²) < 4.78 is 25.3. The Labute approximate surface area is 131 Å². The third-order valence-electron chi connectivity index (χ3n) is 4.65. The van der Waals surface area contributed by atoms with Gasteiger partial charge in [-0.15, -0.1) is 0 Å². The number of likely N-dealkylation sites (tertiary alicyclic amines) is 1. The van der Waals surface area contributed by atoms with E-state index in [1.54, 1.807) is 11.8 Å². The lowest BCUT2D eigenvalue weighted by Gasteiger charge is -2.36. The molecular weight excluding hydrogens is 308 g/mol. The molecule has 0 aromatic rings. The third kappa shape index (κ3) is 3.78. The number of amides is 1. The van der Waals surface area contributed by atoms with Crippen molar-refractivity contribution in [3.63, 3.8) is 0 Å². The second kappa shape index (κ2) is 6.95. The Morgan fingerprint density at radius 2 is 1.73 bits per heavy atom. The minimum Gasteiger partial charge on any atom is -0.481 e. The van der Waals surface area contributed by atoms with Crippen molar-refractivity contribution in [2.75, 3.05) is 31.9 Å². The Morgan fingerprint density at radius 1 is 1.09 bits per heavy atom. The number of hydrogen-bond donors (Lipinski definition) is 1. The van der Waals surface area contributed by atoms with Crippen molar-refractivity contribution in [2.24, 2.45) is 11.8 Å². The first-order valence-electron chi connectivity index (χ1n) is 7.84. The molecule has 0 bridgehead atoms. The van der Waals surface area contributed by atoms with Crippen molar-refractivity contribution in [1.29, 1.82) is 0 Å². The third-order valence-corrected chi connectivity index (χ3v) is 6.50. The Kier molecular flexibility index (Phi) is 5.44. The maximum absolute atomic E-state index is 12.5. The van der Waals surface area contributed by atoms with Crippen molar-refractivity contribution in [3.8, 4) is 0 Å². The average Bonchev–Trinajstić information content (AvgIpc) is 2.54. The molecule has 0 spiro atoms. The van der Waals surface area contributed by atoms with E-state index < -0.39 is 16.0 Å². The molecule has 126 valence electrons. The summed E-state index contributed by atoms with van der Waals surface area (Å²) in [6.45, 7) is 3.26. The number of hydrogen-bond acceptors (Lipinski definition) is 4. The first kappa shape index (κ1) is 17.2. The summed E-state index contributed by atoms with van der Waals surface area (Å²) >= 11 is 0. The van der Waals surface area contributed by atoms with Crippen LogP contribution in [-0.4, -0.2) is 66.5 Å². The highest BCUT2D eigenvalue weighted by Crippen LogP contribution is 2.24. The van der Waals surface area contributed by atoms with E-state index >= 15 is 0 Å². The standard InChI is InChI=1S/C14H24N2O5S/c1-2-22(20,21)16-7-3-4-12(10-16)13(17)15-8-5-11(6-9-15)14(18)19/h11-12H,2-10H2,1H3,(H,18,19). The minimum atomic E-state index is -3.25. The predicted octanol–water partition coefficient (Wildman–Crippen LogP) is 0.371. The topological polar surface area (TPSA) is 95.0 Å². The molecule has 2 aliphatic rings. The molecule has 8 heteroatoms. The summed E-state index contributed by atoms with van der Waals surface area (Å²) in [5.41, 5.74) is 0. The monoisotopic (exact) mass is 332 g/mol. The van der Waals surface area contributed by atoms with Gasteiger partial charge in [-0.2, -0.15) is 0 Å². The molecule has 2 aliphatic heterocycles. The zero-order valence-corrected chi connectivity index (χ0v) is 13.7. The van der Waals surface area contributed by atoms with E-state index in [9.17, 15) is 18.0 Å². The summed E-state index contributed by atoms with van der Waals surface area (Å²) in [5, 5.41) is 8.99. The van der Waals surface area contributed by atoms with Crippen LogP contribution in [0.3, 0.4) is 0 Å². The molecule has 22 heavy (non-hydrogen) atoms. The van der Waals surface area contributed by atoms with Gasteiger partial charge >= 0.3 is 5.97 Å². The first-order chi connectivity index (χ1) is 10.3. The summed E-state index contributed by atoms with van der Waals surface area (Å²) in [5.74, 6) is -1.44. The second-order valence-corrected chi connectivity index (χ2v) is 8.29. The molecule has 0 aliphatic carbocycles. The van der Waals surface area contributed by atoms with Gasteiger partial charge in [0.2, 0.25) is 15.9 Å². The van der Waals surface area contributed by atoms with Crippen molar-refractivity contribution >= 4 is 21.9 Å². The van der Waals surface area contributed by atoms with E-state index in [1.165, 1.54) is 4.31 Å². The molecule has 7 nitrogen and oxygen atoms in total. The number of carbonyl (C=O) groups is 2. The van der Waals surface area contributed by atoms with Gasteiger partial charge < -0.3 is 10.0 Å². The Morgan fingerprint density at radius 3 is 2.27 bits per heavy atom. The highest BCUT2D eigenvalue weighted by atomic mass is 32.2. The SMILES string of the molecule is CCS(=O)(=O)N1CCCC(C(=O)N2CCC(C(=O)O)CC2)C1. The number of nitrogens with zero attached hydrogens (tertiary/aromatic N) is 2. The van der Waals surface area contributed by atoms with Crippen molar-refractivity contribution < 1.29 is 23.1 Å². The van der Waals surface area contributed by atoms with Gasteiger partial charge in [-0.25, -0.2) is 12.7 Å². The highest BCUT2D eigenvalue weighted by molar-refractivity contribution is 7.89. The fourth-order valence-electron chi connectivity index (χ4n) is 3.18. The summed E-state index contributed by atoms with van der Waals surface area (Å²) in [6, 6.07) is 0. The molecule has 1 amide bonds. The number of carboxylic acids is 1. The summed E-state index contributed by atoms with van der Waals surface area (Å²) in [6.07, 6.45) is 2.35. The lowest BCUT2D eigenvalue weighted by Crippen LogP contribution is -2.49. The van der Waals surface area contributed by atoms with E-state index in [2.05, 4.69) is 0 Å². The summed E-state index contributed by atoms with van der Waals surface area (Å²) in [7, 11) is -3.25. The smallest absolute Gasteiger partial charge is 0.306 e. The van der Waals surface area contributed by atoms with Gasteiger partial charge in [-0.3, -0.25) is 9.59 Å². The Bertz CT molecular complexity index is 525. The maximum Gasteiger partial charge on any atom is 0.306 e. The lowest BCUT2D eigenvalue weighted by atomic mass is 9.93. The van der Waals surface area contributed by atoms with Gasteiger partial charge in [0.25, 0.3) is 0 Å². The van der Waals surface area contributed by atoms with Gasteiger partial charge in [0.15, 0.2) is 0 Å². The molecule has 2 heterocycles. The number of piperidine rings is 2. The molecule has 1 atom stereocenters. The van der Waals surface area contributed by atoms with Gasteiger partial charge in [0, 0.05) is 26.2 Å². The molecule has 1 unspecified atom stereocenters. The van der Waals surface area contributed by atoms with E-state index in [4.69, 9.17) is 5.11 Å². The first-order valence-corrected chi connectivity index (χ1v) is 9.45. The van der Waals surface area contributed by atoms with Crippen molar-refractivity contribution in [2.45, 2.75) is 32.6 Å². The van der Waals surface area contributed by atoms with Gasteiger partial charge in [-0.1, -0.05) is 0 Å². The van der Waals surface area contributed by atoms with Crippen LogP contribution in [0.25, 0.3) is 0 Å². The number of carboxylic acid groups (broad SMARTS) is 1. The molecule has 1 N–H and O–H groups in total. The fourth-order valence-corrected chi connectivity index (χ4v) is 4.36. The Balaban J connectivity index is 1.94. The number of rotatable bonds is 4. The second-order valence-electron chi connectivity index (χ2n) is 6.04. The highest BCUT2D eigenvalue weighted by Gasteiger charge is 2.35.